The molecule has 2 heteroatoms. The molecule has 1 aromatic rings. The van der Waals surface area contributed by atoms with Crippen LogP contribution >= 0.6 is 0 Å². The molecule has 0 aromatic carbocycles. The minimum Gasteiger partial charge on any atom is -0.472 e. The normalized spacial score (nSPS) is 26.6. The molecule has 1 aliphatic carbocycles. The number of furan rings is 1. The Balaban J connectivity index is 2.04. The van der Waals surface area contributed by atoms with Crippen LogP contribution in [0.25, 0.3) is 0 Å². The molecule has 0 amide bonds. The third kappa shape index (κ3) is 2.88. The maximum atomic E-state index is 5.23. The van der Waals surface area contributed by atoms with Crippen LogP contribution in [0.3, 0.4) is 0 Å². The van der Waals surface area contributed by atoms with E-state index in [-0.39, 0.29) is 0 Å². The van der Waals surface area contributed by atoms with Crippen LogP contribution in [0.1, 0.15) is 56.9 Å². The molecule has 1 N–H and O–H groups in total. The Bertz CT molecular complexity index is 281. The first-order valence-electron chi connectivity index (χ1n) is 6.67. The van der Waals surface area contributed by atoms with E-state index in [2.05, 4.69) is 18.3 Å². The van der Waals surface area contributed by atoms with Gasteiger partial charge in [0.25, 0.3) is 0 Å². The van der Waals surface area contributed by atoms with Crippen molar-refractivity contribution in [3.8, 4) is 0 Å². The molecule has 2 nitrogen and oxygen atoms in total. The fourth-order valence-corrected chi connectivity index (χ4v) is 2.77. The average Bonchev–Trinajstić information content (AvgIpc) is 2.73. The summed E-state index contributed by atoms with van der Waals surface area (Å²) in [5, 5.41) is 3.71. The molecule has 1 saturated carbocycles. The molecule has 0 bridgehead atoms. The van der Waals surface area contributed by atoms with Gasteiger partial charge >= 0.3 is 0 Å². The number of nitrogens with one attached hydrogen (secondary N) is 1. The first-order chi connectivity index (χ1) is 7.92. The van der Waals surface area contributed by atoms with Gasteiger partial charge in [0, 0.05) is 12.0 Å². The van der Waals surface area contributed by atoms with Crippen LogP contribution < -0.4 is 5.32 Å². The molecule has 0 spiro atoms. The number of hydrogen-bond donors (Lipinski definition) is 1. The fourth-order valence-electron chi connectivity index (χ4n) is 2.77. The van der Waals surface area contributed by atoms with E-state index in [1.807, 2.05) is 6.26 Å². The lowest BCUT2D eigenvalue weighted by Gasteiger charge is -2.25. The van der Waals surface area contributed by atoms with Crippen molar-refractivity contribution in [1.82, 2.24) is 5.32 Å². The minimum atomic E-state index is 0.653. The largest absolute Gasteiger partial charge is 0.472 e. The van der Waals surface area contributed by atoms with Crippen molar-refractivity contribution >= 4 is 0 Å². The Kier molecular flexibility index (Phi) is 4.46. The Morgan fingerprint density at radius 3 is 2.94 bits per heavy atom. The summed E-state index contributed by atoms with van der Waals surface area (Å²) in [7, 11) is 0. The quantitative estimate of drug-likeness (QED) is 0.784. The van der Waals surface area contributed by atoms with Gasteiger partial charge in [-0.3, -0.25) is 0 Å². The topological polar surface area (TPSA) is 25.2 Å². The van der Waals surface area contributed by atoms with Crippen molar-refractivity contribution in [1.29, 1.82) is 0 Å². The zero-order valence-corrected chi connectivity index (χ0v) is 10.2. The number of hydrogen-bond acceptors (Lipinski definition) is 2. The van der Waals surface area contributed by atoms with E-state index in [4.69, 9.17) is 4.42 Å². The van der Waals surface area contributed by atoms with Crippen molar-refractivity contribution in [2.45, 2.75) is 57.4 Å². The summed E-state index contributed by atoms with van der Waals surface area (Å²) in [6, 6.07) is 2.79. The molecule has 2 rings (SSSR count). The molecule has 2 atom stereocenters. The highest BCUT2D eigenvalue weighted by atomic mass is 16.3. The summed E-state index contributed by atoms with van der Waals surface area (Å²) in [4.78, 5) is 0. The van der Waals surface area contributed by atoms with Crippen molar-refractivity contribution in [2.75, 3.05) is 6.54 Å². The molecule has 0 saturated heterocycles. The van der Waals surface area contributed by atoms with Gasteiger partial charge in [0.1, 0.15) is 0 Å². The summed E-state index contributed by atoms with van der Waals surface area (Å²) in [6.07, 6.45) is 11.7. The molecular weight excluding hydrogens is 198 g/mol. The van der Waals surface area contributed by atoms with Gasteiger partial charge in [0.05, 0.1) is 12.5 Å². The van der Waals surface area contributed by atoms with E-state index in [1.165, 1.54) is 44.1 Å². The molecule has 1 aromatic heterocycles. The molecule has 1 heterocycles. The maximum absolute atomic E-state index is 5.23. The third-order valence-corrected chi connectivity index (χ3v) is 3.64. The van der Waals surface area contributed by atoms with Gasteiger partial charge in [0.15, 0.2) is 0 Å². The van der Waals surface area contributed by atoms with Crippen molar-refractivity contribution < 1.29 is 4.42 Å². The molecule has 2 unspecified atom stereocenters. The molecule has 1 aliphatic rings. The average molecular weight is 221 g/mol. The van der Waals surface area contributed by atoms with Gasteiger partial charge in [-0.1, -0.05) is 26.2 Å². The molecule has 0 aliphatic heterocycles. The monoisotopic (exact) mass is 221 g/mol. The lowest BCUT2D eigenvalue weighted by atomic mass is 9.89. The highest BCUT2D eigenvalue weighted by Crippen LogP contribution is 2.32. The van der Waals surface area contributed by atoms with Crippen LogP contribution in [-0.2, 0) is 0 Å². The third-order valence-electron chi connectivity index (χ3n) is 3.64. The van der Waals surface area contributed by atoms with Gasteiger partial charge < -0.3 is 9.73 Å². The van der Waals surface area contributed by atoms with Gasteiger partial charge in [-0.25, -0.2) is 0 Å². The van der Waals surface area contributed by atoms with E-state index in [0.29, 0.717) is 12.0 Å². The Morgan fingerprint density at radius 2 is 2.19 bits per heavy atom. The first kappa shape index (κ1) is 11.7. The standard InChI is InChI=1S/C14H23NO/c1-2-9-15-14-7-5-3-4-6-13(14)12-8-10-16-11-12/h8,10-11,13-15H,2-7,9H2,1H3. The SMILES string of the molecule is CCCNC1CCCCCC1c1ccoc1. The smallest absolute Gasteiger partial charge is 0.0937 e. The minimum absolute atomic E-state index is 0.653. The van der Waals surface area contributed by atoms with Gasteiger partial charge in [0.2, 0.25) is 0 Å². The Hall–Kier alpha value is -0.760. The van der Waals surface area contributed by atoms with Crippen molar-refractivity contribution in [3.05, 3.63) is 24.2 Å². The van der Waals surface area contributed by atoms with E-state index < -0.39 is 0 Å². The van der Waals surface area contributed by atoms with Gasteiger partial charge in [-0.2, -0.15) is 0 Å². The van der Waals surface area contributed by atoms with Crippen LogP contribution in [0.4, 0.5) is 0 Å². The number of rotatable bonds is 4. The van der Waals surface area contributed by atoms with Gasteiger partial charge in [-0.05, 0) is 37.4 Å². The van der Waals surface area contributed by atoms with E-state index in [0.717, 1.165) is 6.54 Å². The second kappa shape index (κ2) is 6.09. The molecule has 0 radical (unpaired) electrons. The molecular formula is C14H23NO. The van der Waals surface area contributed by atoms with Crippen LogP contribution in [0.15, 0.2) is 23.0 Å². The second-order valence-electron chi connectivity index (χ2n) is 4.86. The summed E-state index contributed by atoms with van der Waals surface area (Å²) in [5.74, 6) is 0.660. The summed E-state index contributed by atoms with van der Waals surface area (Å²) in [5.41, 5.74) is 1.38. The van der Waals surface area contributed by atoms with E-state index >= 15 is 0 Å². The predicted octanol–water partition coefficient (Wildman–Crippen LogP) is 3.70. The van der Waals surface area contributed by atoms with Gasteiger partial charge in [-0.15, -0.1) is 0 Å². The highest BCUT2D eigenvalue weighted by Gasteiger charge is 2.25. The van der Waals surface area contributed by atoms with Crippen LogP contribution in [0.5, 0.6) is 0 Å². The molecule has 90 valence electrons. The summed E-state index contributed by atoms with van der Waals surface area (Å²) in [6.45, 7) is 3.37. The first-order valence-corrected chi connectivity index (χ1v) is 6.67. The van der Waals surface area contributed by atoms with Crippen molar-refractivity contribution in [3.63, 3.8) is 0 Å². The van der Waals surface area contributed by atoms with Crippen LogP contribution in [0, 0.1) is 0 Å². The second-order valence-corrected chi connectivity index (χ2v) is 4.86. The molecule has 1 fully saturated rings. The predicted molar refractivity (Wildman–Crippen MR) is 66.6 cm³/mol. The lowest BCUT2D eigenvalue weighted by molar-refractivity contribution is 0.408. The van der Waals surface area contributed by atoms with E-state index in [1.54, 1.807) is 6.26 Å². The Morgan fingerprint density at radius 1 is 1.31 bits per heavy atom. The van der Waals surface area contributed by atoms with Crippen molar-refractivity contribution in [2.24, 2.45) is 0 Å². The summed E-state index contributed by atoms with van der Waals surface area (Å²) >= 11 is 0. The summed E-state index contributed by atoms with van der Waals surface area (Å²) < 4.78 is 5.23. The lowest BCUT2D eigenvalue weighted by Crippen LogP contribution is -2.34. The fraction of sp³-hybridized carbons (Fsp3) is 0.714. The highest BCUT2D eigenvalue weighted by molar-refractivity contribution is 5.15. The maximum Gasteiger partial charge on any atom is 0.0937 e. The zero-order valence-electron chi connectivity index (χ0n) is 10.2. The van der Waals surface area contributed by atoms with Crippen LogP contribution in [0.2, 0.25) is 0 Å². The van der Waals surface area contributed by atoms with E-state index in [9.17, 15) is 0 Å². The molecule has 16 heavy (non-hydrogen) atoms. The zero-order chi connectivity index (χ0) is 11.2. The van der Waals surface area contributed by atoms with Crippen LogP contribution in [-0.4, -0.2) is 12.6 Å². The Labute approximate surface area is 98.4 Å².